The van der Waals surface area contributed by atoms with Gasteiger partial charge in [-0.05, 0) is 0 Å². The van der Waals surface area contributed by atoms with E-state index in [-0.39, 0.29) is 6.61 Å². The zero-order valence-corrected chi connectivity index (χ0v) is 13.9. The Labute approximate surface area is 135 Å². The molecule has 0 aromatic rings. The van der Waals surface area contributed by atoms with Crippen LogP contribution in [0.5, 0.6) is 0 Å². The van der Waals surface area contributed by atoms with Crippen LogP contribution in [0.15, 0.2) is 0 Å². The van der Waals surface area contributed by atoms with E-state index in [2.05, 4.69) is 0 Å². The first-order valence-corrected chi connectivity index (χ1v) is 7.42. The molecule has 21 heavy (non-hydrogen) atoms. The van der Waals surface area contributed by atoms with E-state index in [9.17, 15) is 19.5 Å². The molecule has 1 saturated heterocycles. The summed E-state index contributed by atoms with van der Waals surface area (Å²) in [4.78, 5) is 33.3. The molecule has 1 heterocycles. The normalized spacial score (nSPS) is 32.1. The van der Waals surface area contributed by atoms with Crippen LogP contribution in [-0.4, -0.2) is 58.1 Å². The van der Waals surface area contributed by atoms with Crippen LogP contribution in [0.25, 0.3) is 0 Å². The summed E-state index contributed by atoms with van der Waals surface area (Å²) in [6.45, 7) is 3.38. The number of aliphatic hydroxyl groups is 1. The molecule has 0 aromatic carbocycles. The summed E-state index contributed by atoms with van der Waals surface area (Å²) in [5.74, 6) is -1.73. The van der Waals surface area contributed by atoms with Crippen LogP contribution >= 0.6 is 22.6 Å². The van der Waals surface area contributed by atoms with E-state index in [4.69, 9.17) is 18.9 Å². The van der Waals surface area contributed by atoms with Crippen LogP contribution in [0.3, 0.4) is 0 Å². The summed E-state index contributed by atoms with van der Waals surface area (Å²) in [7, 11) is 0. The Morgan fingerprint density at radius 3 is 2.05 bits per heavy atom. The molecule has 0 aliphatic carbocycles. The van der Waals surface area contributed by atoms with Gasteiger partial charge in [0.1, 0.15) is 16.6 Å². The number of hydrogen-bond acceptors (Lipinski definition) is 8. The summed E-state index contributed by atoms with van der Waals surface area (Å²) < 4.78 is 19.7. The van der Waals surface area contributed by atoms with E-state index in [1.165, 1.54) is 20.8 Å². The standard InChI is InChI=1S/C12H17IO8/c1-5(14)18-4-8-10(19-6(2)15)11(20-7(3)16)9(13)12(17)21-8/h8-12,17H,4H2,1-3H3/t8-,9-,10-,11-,12-/m1/s1. The second-order valence-corrected chi connectivity index (χ2v) is 5.90. The minimum atomic E-state index is -1.25. The minimum Gasteiger partial charge on any atom is -0.463 e. The highest BCUT2D eigenvalue weighted by Gasteiger charge is 2.48. The summed E-state index contributed by atoms with van der Waals surface area (Å²) >= 11 is 1.84. The van der Waals surface area contributed by atoms with Crippen molar-refractivity contribution in [3.8, 4) is 0 Å². The molecule has 0 unspecified atom stereocenters. The molecule has 1 fully saturated rings. The first-order chi connectivity index (χ1) is 9.72. The van der Waals surface area contributed by atoms with E-state index >= 15 is 0 Å². The molecule has 5 atom stereocenters. The summed E-state index contributed by atoms with van der Waals surface area (Å²) in [6.07, 6.45) is -4.06. The Kier molecular flexibility index (Phi) is 6.81. The zero-order valence-electron chi connectivity index (χ0n) is 11.8. The molecule has 1 aliphatic rings. The molecule has 0 bridgehead atoms. The highest BCUT2D eigenvalue weighted by atomic mass is 127. The van der Waals surface area contributed by atoms with Gasteiger partial charge in [0, 0.05) is 20.8 Å². The van der Waals surface area contributed by atoms with Crippen molar-refractivity contribution in [2.24, 2.45) is 0 Å². The third-order valence-corrected chi connectivity index (χ3v) is 3.97. The Morgan fingerprint density at radius 1 is 1.05 bits per heavy atom. The molecule has 0 saturated carbocycles. The van der Waals surface area contributed by atoms with Gasteiger partial charge in [-0.25, -0.2) is 0 Å². The van der Waals surface area contributed by atoms with Gasteiger partial charge in [0.25, 0.3) is 0 Å². The average molecular weight is 416 g/mol. The van der Waals surface area contributed by atoms with Gasteiger partial charge in [0.15, 0.2) is 18.5 Å². The number of carbonyl (C=O) groups is 3. The first kappa shape index (κ1) is 18.1. The average Bonchev–Trinajstić information content (AvgIpc) is 2.35. The molecule has 0 aromatic heterocycles. The Morgan fingerprint density at radius 2 is 1.57 bits per heavy atom. The van der Waals surface area contributed by atoms with E-state index in [0.29, 0.717) is 0 Å². The maximum Gasteiger partial charge on any atom is 0.303 e. The number of alkyl halides is 1. The first-order valence-electron chi connectivity index (χ1n) is 6.17. The van der Waals surface area contributed by atoms with Gasteiger partial charge in [-0.1, -0.05) is 22.6 Å². The second kappa shape index (κ2) is 7.90. The number of carbonyl (C=O) groups excluding carboxylic acids is 3. The van der Waals surface area contributed by atoms with Gasteiger partial charge in [-0.2, -0.15) is 0 Å². The van der Waals surface area contributed by atoms with Crippen molar-refractivity contribution in [1.82, 2.24) is 0 Å². The molecular formula is C12H17IO8. The van der Waals surface area contributed by atoms with Crippen LogP contribution in [0.2, 0.25) is 0 Å². The number of ether oxygens (including phenoxy) is 4. The topological polar surface area (TPSA) is 108 Å². The number of aliphatic hydroxyl groups excluding tert-OH is 1. The van der Waals surface area contributed by atoms with Crippen molar-refractivity contribution < 1.29 is 38.4 Å². The molecular weight excluding hydrogens is 399 g/mol. The predicted molar refractivity (Wildman–Crippen MR) is 76.4 cm³/mol. The monoisotopic (exact) mass is 416 g/mol. The van der Waals surface area contributed by atoms with Gasteiger partial charge in [0.05, 0.1) is 0 Å². The fourth-order valence-corrected chi connectivity index (χ4v) is 2.60. The highest BCUT2D eigenvalue weighted by molar-refractivity contribution is 14.1. The SMILES string of the molecule is CC(=O)OC[C@H]1O[C@@H](O)[C@H](I)[C@@H](OC(C)=O)[C@@H]1OC(C)=O. The maximum absolute atomic E-state index is 11.2. The molecule has 0 amide bonds. The molecule has 1 aliphatic heterocycles. The lowest BCUT2D eigenvalue weighted by molar-refractivity contribution is -0.246. The van der Waals surface area contributed by atoms with Crippen molar-refractivity contribution in [3.63, 3.8) is 0 Å². The Hall–Kier alpha value is -0.940. The van der Waals surface area contributed by atoms with Crippen LogP contribution < -0.4 is 0 Å². The Bertz CT molecular complexity index is 412. The van der Waals surface area contributed by atoms with Crippen molar-refractivity contribution >= 4 is 40.5 Å². The van der Waals surface area contributed by atoms with E-state index in [1.807, 2.05) is 22.6 Å². The summed E-state index contributed by atoms with van der Waals surface area (Å²) in [6, 6.07) is 0. The van der Waals surface area contributed by atoms with Crippen molar-refractivity contribution in [1.29, 1.82) is 0 Å². The van der Waals surface area contributed by atoms with Crippen LogP contribution in [0, 0.1) is 0 Å². The van der Waals surface area contributed by atoms with Crippen molar-refractivity contribution in [3.05, 3.63) is 0 Å². The molecule has 1 N–H and O–H groups in total. The van der Waals surface area contributed by atoms with Gasteiger partial charge >= 0.3 is 17.9 Å². The number of hydrogen-bond donors (Lipinski definition) is 1. The number of rotatable bonds is 4. The van der Waals surface area contributed by atoms with E-state index in [0.717, 1.165) is 0 Å². The maximum atomic E-state index is 11.2. The van der Waals surface area contributed by atoms with E-state index < -0.39 is 46.4 Å². The lowest BCUT2D eigenvalue weighted by atomic mass is 10.0. The molecule has 9 heteroatoms. The fraction of sp³-hybridized carbons (Fsp3) is 0.750. The van der Waals surface area contributed by atoms with Crippen molar-refractivity contribution in [2.75, 3.05) is 6.61 Å². The van der Waals surface area contributed by atoms with Crippen LogP contribution in [0.4, 0.5) is 0 Å². The number of esters is 3. The third kappa shape index (κ3) is 5.40. The van der Waals surface area contributed by atoms with E-state index in [1.54, 1.807) is 0 Å². The van der Waals surface area contributed by atoms with Gasteiger partial charge < -0.3 is 24.1 Å². The van der Waals surface area contributed by atoms with Crippen molar-refractivity contribution in [2.45, 2.75) is 49.3 Å². The quantitative estimate of drug-likeness (QED) is 0.294. The van der Waals surface area contributed by atoms with Crippen LogP contribution in [0.1, 0.15) is 20.8 Å². The number of halogens is 1. The lowest BCUT2D eigenvalue weighted by Crippen LogP contribution is -2.59. The van der Waals surface area contributed by atoms with Gasteiger partial charge in [-0.3, -0.25) is 14.4 Å². The minimum absolute atomic E-state index is 0.231. The second-order valence-electron chi connectivity index (χ2n) is 4.46. The predicted octanol–water partition coefficient (Wildman–Crippen LogP) is -0.0663. The molecule has 120 valence electrons. The smallest absolute Gasteiger partial charge is 0.303 e. The largest absolute Gasteiger partial charge is 0.463 e. The lowest BCUT2D eigenvalue weighted by Gasteiger charge is -2.41. The Balaban J connectivity index is 2.94. The highest BCUT2D eigenvalue weighted by Crippen LogP contribution is 2.30. The molecule has 0 radical (unpaired) electrons. The molecule has 0 spiro atoms. The third-order valence-electron chi connectivity index (χ3n) is 2.65. The summed E-state index contributed by atoms with van der Waals surface area (Å²) in [5.41, 5.74) is 0. The molecule has 1 rings (SSSR count). The van der Waals surface area contributed by atoms with Crippen LogP contribution in [-0.2, 0) is 33.3 Å². The van der Waals surface area contributed by atoms with Gasteiger partial charge in [-0.15, -0.1) is 0 Å². The fourth-order valence-electron chi connectivity index (χ4n) is 1.88. The van der Waals surface area contributed by atoms with Gasteiger partial charge in [0.2, 0.25) is 0 Å². The summed E-state index contributed by atoms with van der Waals surface area (Å²) in [5, 5.41) is 9.85. The zero-order chi connectivity index (χ0) is 16.2. The molecule has 8 nitrogen and oxygen atoms in total.